The number of carbonyl (C=O) groups is 1. The van der Waals surface area contributed by atoms with Crippen molar-refractivity contribution < 1.29 is 14.3 Å². The molecule has 2 aromatic heterocycles. The number of aryl methyl sites for hydroxylation is 1. The van der Waals surface area contributed by atoms with E-state index in [0.717, 1.165) is 0 Å². The van der Waals surface area contributed by atoms with Crippen LogP contribution in [0.4, 0.5) is 0 Å². The summed E-state index contributed by atoms with van der Waals surface area (Å²) in [5, 5.41) is 3.27. The molecule has 7 nitrogen and oxygen atoms in total. The highest BCUT2D eigenvalue weighted by Gasteiger charge is 2.19. The van der Waals surface area contributed by atoms with Gasteiger partial charge < -0.3 is 14.8 Å². The van der Waals surface area contributed by atoms with Crippen LogP contribution in [0.3, 0.4) is 0 Å². The predicted molar refractivity (Wildman–Crippen MR) is 89.3 cm³/mol. The summed E-state index contributed by atoms with van der Waals surface area (Å²) in [5.41, 5.74) is 0.530. The number of thiophene rings is 1. The second-order valence-corrected chi connectivity index (χ2v) is 5.92. The molecule has 2 rings (SSSR count). The molecule has 0 aliphatic rings. The van der Waals surface area contributed by atoms with E-state index in [1.165, 1.54) is 22.2 Å². The molecule has 0 aromatic carbocycles. The van der Waals surface area contributed by atoms with Crippen molar-refractivity contribution >= 4 is 27.5 Å². The Labute approximate surface area is 138 Å². The van der Waals surface area contributed by atoms with Crippen molar-refractivity contribution in [1.82, 2.24) is 14.9 Å². The minimum atomic E-state index is -0.206. The number of nitrogens with one attached hydrogen (secondary N) is 1. The van der Waals surface area contributed by atoms with Crippen LogP contribution in [-0.2, 0) is 16.0 Å². The Bertz CT molecular complexity index is 738. The van der Waals surface area contributed by atoms with Crippen LogP contribution in [0.15, 0.2) is 11.1 Å². The summed E-state index contributed by atoms with van der Waals surface area (Å²) in [6.07, 6.45) is 1.51. The van der Waals surface area contributed by atoms with Crippen LogP contribution in [-0.4, -0.2) is 48.9 Å². The molecule has 1 N–H and O–H groups in total. The highest BCUT2D eigenvalue weighted by atomic mass is 32.1. The fraction of sp³-hybridized carbons (Fsp3) is 0.533. The Hall–Kier alpha value is -1.77. The quantitative estimate of drug-likeness (QED) is 0.730. The van der Waals surface area contributed by atoms with Gasteiger partial charge in [-0.15, -0.1) is 11.3 Å². The van der Waals surface area contributed by atoms with E-state index in [1.54, 1.807) is 14.0 Å². The van der Waals surface area contributed by atoms with Gasteiger partial charge in [-0.05, 0) is 19.4 Å². The van der Waals surface area contributed by atoms with Gasteiger partial charge in [0, 0.05) is 20.3 Å². The van der Waals surface area contributed by atoms with Crippen LogP contribution >= 0.6 is 11.3 Å². The third kappa shape index (κ3) is 3.95. The zero-order valence-corrected chi connectivity index (χ0v) is 14.4. The fourth-order valence-corrected chi connectivity index (χ4v) is 3.24. The summed E-state index contributed by atoms with van der Waals surface area (Å²) in [6, 6.07) is 0. The summed E-state index contributed by atoms with van der Waals surface area (Å²) in [6.45, 7) is 6.06. The number of hydrogen-bond donors (Lipinski definition) is 1. The number of aromatic nitrogens is 2. The van der Waals surface area contributed by atoms with Crippen LogP contribution in [0.1, 0.15) is 22.2 Å². The lowest BCUT2D eigenvalue weighted by molar-refractivity contribution is 0.0940. The Morgan fingerprint density at radius 3 is 2.91 bits per heavy atom. The van der Waals surface area contributed by atoms with Gasteiger partial charge in [0.15, 0.2) is 0 Å². The van der Waals surface area contributed by atoms with Gasteiger partial charge in [0.1, 0.15) is 4.83 Å². The largest absolute Gasteiger partial charge is 0.383 e. The molecule has 0 atom stereocenters. The highest BCUT2D eigenvalue weighted by molar-refractivity contribution is 7.20. The predicted octanol–water partition coefficient (Wildman–Crippen LogP) is 1.18. The number of methoxy groups -OCH3 is 1. The van der Waals surface area contributed by atoms with Gasteiger partial charge in [0.2, 0.25) is 0 Å². The van der Waals surface area contributed by atoms with E-state index >= 15 is 0 Å². The van der Waals surface area contributed by atoms with Crippen molar-refractivity contribution in [1.29, 1.82) is 0 Å². The van der Waals surface area contributed by atoms with E-state index in [-0.39, 0.29) is 11.5 Å². The van der Waals surface area contributed by atoms with Crippen molar-refractivity contribution in [3.05, 3.63) is 27.1 Å². The Morgan fingerprint density at radius 1 is 1.43 bits per heavy atom. The molecule has 2 heterocycles. The molecule has 0 spiro atoms. The second kappa shape index (κ2) is 8.19. The lowest BCUT2D eigenvalue weighted by Gasteiger charge is -2.05. The average Bonchev–Trinajstić information content (AvgIpc) is 2.87. The molecule has 8 heteroatoms. The van der Waals surface area contributed by atoms with Gasteiger partial charge in [-0.2, -0.15) is 0 Å². The maximum atomic E-state index is 12.6. The average molecular weight is 339 g/mol. The maximum Gasteiger partial charge on any atom is 0.262 e. The first kappa shape index (κ1) is 17.6. The molecule has 0 aliphatic carbocycles. The standard InChI is InChI=1S/C15H21N3O4S/c1-4-22-8-6-18-9-17-14-11(15(18)20)10(2)12(23-14)13(19)16-5-7-21-3/h9H,4-8H2,1-3H3,(H,16,19). The van der Waals surface area contributed by atoms with Crippen LogP contribution in [0.2, 0.25) is 0 Å². The van der Waals surface area contributed by atoms with Gasteiger partial charge in [-0.25, -0.2) is 4.98 Å². The van der Waals surface area contributed by atoms with Crippen LogP contribution in [0.25, 0.3) is 10.2 Å². The number of hydrogen-bond acceptors (Lipinski definition) is 6. The molecule has 0 fully saturated rings. The fourth-order valence-electron chi connectivity index (χ4n) is 2.19. The third-order valence-electron chi connectivity index (χ3n) is 3.40. The Kier molecular flexibility index (Phi) is 6.26. The number of rotatable bonds is 8. The first-order valence-corrected chi connectivity index (χ1v) is 8.25. The number of amides is 1. The first-order chi connectivity index (χ1) is 11.1. The van der Waals surface area contributed by atoms with Crippen molar-refractivity contribution in [3.63, 3.8) is 0 Å². The molecular weight excluding hydrogens is 318 g/mol. The van der Waals surface area contributed by atoms with Crippen molar-refractivity contribution in [3.8, 4) is 0 Å². The van der Waals surface area contributed by atoms with Crippen LogP contribution < -0.4 is 10.9 Å². The van der Waals surface area contributed by atoms with Crippen molar-refractivity contribution in [2.75, 3.05) is 33.5 Å². The summed E-state index contributed by atoms with van der Waals surface area (Å²) in [5.74, 6) is -0.206. The third-order valence-corrected chi connectivity index (χ3v) is 4.59. The summed E-state index contributed by atoms with van der Waals surface area (Å²) in [7, 11) is 1.57. The lowest BCUT2D eigenvalue weighted by Crippen LogP contribution is -2.27. The Balaban J connectivity index is 2.29. The summed E-state index contributed by atoms with van der Waals surface area (Å²) in [4.78, 5) is 30.2. The van der Waals surface area contributed by atoms with E-state index in [9.17, 15) is 9.59 Å². The monoisotopic (exact) mass is 339 g/mol. The molecule has 0 aliphatic heterocycles. The van der Waals surface area contributed by atoms with Crippen LogP contribution in [0, 0.1) is 6.92 Å². The van der Waals surface area contributed by atoms with E-state index in [4.69, 9.17) is 9.47 Å². The number of ether oxygens (including phenoxy) is 2. The van der Waals surface area contributed by atoms with E-state index < -0.39 is 0 Å². The molecule has 2 aromatic rings. The molecule has 0 saturated carbocycles. The van der Waals surface area contributed by atoms with Crippen LogP contribution in [0.5, 0.6) is 0 Å². The highest BCUT2D eigenvalue weighted by Crippen LogP contribution is 2.26. The molecule has 1 amide bonds. The van der Waals surface area contributed by atoms with E-state index in [2.05, 4.69) is 10.3 Å². The second-order valence-electron chi connectivity index (χ2n) is 4.93. The normalized spacial score (nSPS) is 11.1. The number of fused-ring (bicyclic) bond motifs is 1. The van der Waals surface area contributed by atoms with Gasteiger partial charge in [-0.1, -0.05) is 0 Å². The lowest BCUT2D eigenvalue weighted by atomic mass is 10.2. The molecular formula is C15H21N3O4S. The topological polar surface area (TPSA) is 82.5 Å². The molecule has 126 valence electrons. The molecule has 23 heavy (non-hydrogen) atoms. The minimum absolute atomic E-state index is 0.139. The minimum Gasteiger partial charge on any atom is -0.383 e. The maximum absolute atomic E-state index is 12.6. The van der Waals surface area contributed by atoms with E-state index in [0.29, 0.717) is 53.6 Å². The SMILES string of the molecule is CCOCCn1cnc2sc(C(=O)NCCOC)c(C)c2c1=O. The zero-order chi connectivity index (χ0) is 16.8. The smallest absolute Gasteiger partial charge is 0.262 e. The molecule has 0 radical (unpaired) electrons. The van der Waals surface area contributed by atoms with Crippen molar-refractivity contribution in [2.45, 2.75) is 20.4 Å². The number of nitrogens with zero attached hydrogens (tertiary/aromatic N) is 2. The van der Waals surface area contributed by atoms with Gasteiger partial charge in [0.05, 0.1) is 36.3 Å². The van der Waals surface area contributed by atoms with Crippen molar-refractivity contribution in [2.24, 2.45) is 0 Å². The first-order valence-electron chi connectivity index (χ1n) is 7.43. The number of carbonyl (C=O) groups excluding carboxylic acids is 1. The van der Waals surface area contributed by atoms with Gasteiger partial charge in [-0.3, -0.25) is 14.2 Å². The van der Waals surface area contributed by atoms with E-state index in [1.807, 2.05) is 6.92 Å². The zero-order valence-electron chi connectivity index (χ0n) is 13.5. The molecule has 0 bridgehead atoms. The van der Waals surface area contributed by atoms with Gasteiger partial charge >= 0.3 is 0 Å². The molecule has 0 saturated heterocycles. The summed E-state index contributed by atoms with van der Waals surface area (Å²) < 4.78 is 11.7. The summed E-state index contributed by atoms with van der Waals surface area (Å²) >= 11 is 1.23. The van der Waals surface area contributed by atoms with Gasteiger partial charge in [0.25, 0.3) is 11.5 Å². The Morgan fingerprint density at radius 2 is 2.22 bits per heavy atom. The molecule has 0 unspecified atom stereocenters.